The zero-order chi connectivity index (χ0) is 32.3. The molecule has 4 aromatic carbocycles. The zero-order valence-electron chi connectivity index (χ0n) is 27.6. The van der Waals surface area contributed by atoms with E-state index in [0.717, 1.165) is 24.3 Å². The van der Waals surface area contributed by atoms with E-state index < -0.39 is 8.53 Å². The number of halogens is 1. The third kappa shape index (κ3) is 5.52. The van der Waals surface area contributed by atoms with E-state index >= 15 is 0 Å². The number of aryl methyl sites for hydroxylation is 2. The number of nitrogens with zero attached hydrogens (tertiary/aromatic N) is 1. The Morgan fingerprint density at radius 3 is 1.42 bits per heavy atom. The summed E-state index contributed by atoms with van der Waals surface area (Å²) in [6.07, 6.45) is 2.13. The van der Waals surface area contributed by atoms with Gasteiger partial charge in [0.25, 0.3) is 0 Å². The third-order valence-corrected chi connectivity index (χ3v) is 12.4. The Bertz CT molecular complexity index is 1580. The van der Waals surface area contributed by atoms with Crippen LogP contribution in [-0.4, -0.2) is 4.67 Å². The summed E-state index contributed by atoms with van der Waals surface area (Å²) in [6.45, 7) is 18.7. The summed E-state index contributed by atoms with van der Waals surface area (Å²) in [7, 11) is 2.52. The van der Waals surface area contributed by atoms with E-state index in [9.17, 15) is 0 Å². The molecule has 45 heavy (non-hydrogen) atoms. The summed E-state index contributed by atoms with van der Waals surface area (Å²) < 4.78 is 17.3. The molecule has 1 spiro atoms. The molecule has 3 nitrogen and oxygen atoms in total. The van der Waals surface area contributed by atoms with Crippen molar-refractivity contribution in [2.75, 3.05) is 0 Å². The number of benzene rings is 4. The second-order valence-electron chi connectivity index (χ2n) is 14.6. The summed E-state index contributed by atoms with van der Waals surface area (Å²) in [6, 6.07) is 31.2. The Morgan fingerprint density at radius 1 is 0.667 bits per heavy atom. The molecule has 0 saturated carbocycles. The van der Waals surface area contributed by atoms with Gasteiger partial charge in [0.05, 0.1) is 12.1 Å². The van der Waals surface area contributed by atoms with Crippen molar-refractivity contribution in [3.8, 4) is 11.5 Å². The van der Waals surface area contributed by atoms with Crippen LogP contribution >= 0.6 is 17.7 Å². The van der Waals surface area contributed by atoms with Crippen molar-refractivity contribution in [1.29, 1.82) is 0 Å². The Kier molecular flexibility index (Phi) is 8.88. The van der Waals surface area contributed by atoms with E-state index in [1.807, 2.05) is 0 Å². The van der Waals surface area contributed by atoms with Gasteiger partial charge in [-0.25, -0.2) is 0 Å². The molecule has 0 fully saturated rings. The number of rotatable bonds is 5. The molecular weight excluding hydrogens is 778 g/mol. The van der Waals surface area contributed by atoms with Crippen molar-refractivity contribution in [2.24, 2.45) is 0 Å². The molecule has 240 valence electrons. The molecule has 1 heterocycles. The van der Waals surface area contributed by atoms with Crippen LogP contribution < -0.4 is 9.05 Å². The van der Waals surface area contributed by atoms with Gasteiger partial charge in [0.1, 0.15) is 0 Å². The second kappa shape index (κ2) is 12.2. The molecule has 2 atom stereocenters. The Balaban J connectivity index is 0.00000175. The predicted molar refractivity (Wildman–Crippen MR) is 185 cm³/mol. The molecule has 0 aromatic heterocycles. The second-order valence-corrected chi connectivity index (χ2v) is 16.1. The number of hydrogen-bond donors (Lipinski definition) is 0. The minimum atomic E-state index is -2.06. The van der Waals surface area contributed by atoms with E-state index in [-0.39, 0.29) is 28.3 Å². The minimum absolute atomic E-state index is 0.0326. The van der Waals surface area contributed by atoms with Gasteiger partial charge in [-0.15, -0.1) is 4.67 Å². The Morgan fingerprint density at radius 2 is 1.04 bits per heavy atom. The Hall–Kier alpha value is -2.10. The van der Waals surface area contributed by atoms with Gasteiger partial charge in [0.2, 0.25) is 0 Å². The van der Waals surface area contributed by atoms with Gasteiger partial charge in [0, 0.05) is 16.5 Å². The van der Waals surface area contributed by atoms with E-state index in [2.05, 4.69) is 154 Å². The van der Waals surface area contributed by atoms with Crippen LogP contribution in [0.3, 0.4) is 0 Å². The molecule has 7 rings (SSSR count). The van der Waals surface area contributed by atoms with Crippen molar-refractivity contribution in [3.63, 3.8) is 0 Å². The van der Waals surface area contributed by atoms with E-state index in [0.29, 0.717) is 0 Å². The van der Waals surface area contributed by atoms with E-state index in [4.69, 9.17) is 9.05 Å². The van der Waals surface area contributed by atoms with Crippen molar-refractivity contribution < 1.29 is 29.0 Å². The average Bonchev–Trinajstić information content (AvgIpc) is 3.37. The van der Waals surface area contributed by atoms with Crippen LogP contribution in [0.5, 0.6) is 11.5 Å². The molecule has 3 aliphatic rings. The zero-order valence-corrected chi connectivity index (χ0v) is 31.5. The van der Waals surface area contributed by atoms with Crippen molar-refractivity contribution >= 4 is 17.7 Å². The van der Waals surface area contributed by atoms with Crippen LogP contribution in [0.15, 0.2) is 84.9 Å². The average molecular weight is 823 g/mol. The van der Waals surface area contributed by atoms with Gasteiger partial charge in [-0.05, 0) is 96.9 Å². The molecule has 0 saturated heterocycles. The molecule has 6 heteroatoms. The fraction of sp³-hybridized carbons (Fsp3) is 0.385. The van der Waals surface area contributed by atoms with Gasteiger partial charge < -0.3 is 0 Å². The first-order chi connectivity index (χ1) is 21.4. The standard InChI is InChI=1S/C39H44NO2P.Au.ClH/c1-25-19-31-35-33(21-25)41-43(40(27(3)29-15-11-9-12-16-29)28(4)30-17-13-10-14-18-30)42-34-22-26(2)20-32-36(34)39(35,23-37(31,5)6)24-38(32,7)8;;/h9-22,27-28H,23-24H2,1-8H3;;1H/q;+1;/t27-,28-,39?;;/m1../s1. The maximum absolute atomic E-state index is 7.37. The SMILES string of the molecule is Cc1cc2c3c(c1)C(C)(C)CC31CC(C)(C)c3cc(C)cc(c31)O[PH+](N([C@H](C)c1ccccc1)[C@H](C)c1ccccc1)O2.[Cl][Au]. The molecule has 2 aliphatic carbocycles. The van der Waals surface area contributed by atoms with Gasteiger partial charge in [-0.3, -0.25) is 9.05 Å². The molecule has 4 aromatic rings. The summed E-state index contributed by atoms with van der Waals surface area (Å²) in [5, 5.41) is 0. The summed E-state index contributed by atoms with van der Waals surface area (Å²) in [5.74, 6) is 2.05. The topological polar surface area (TPSA) is 21.7 Å². The summed E-state index contributed by atoms with van der Waals surface area (Å²) >= 11 is 1.75. The molecule has 0 unspecified atom stereocenters. The first-order valence-corrected chi connectivity index (χ1v) is 19.9. The summed E-state index contributed by atoms with van der Waals surface area (Å²) in [4.78, 5) is 0. The molecule has 1 aliphatic heterocycles. The fourth-order valence-corrected chi connectivity index (χ4v) is 10.6. The molecule has 0 radical (unpaired) electrons. The van der Waals surface area contributed by atoms with Gasteiger partial charge in [-0.1, -0.05) is 100 Å². The van der Waals surface area contributed by atoms with Crippen LogP contribution in [0, 0.1) is 13.8 Å². The monoisotopic (exact) mass is 822 g/mol. The van der Waals surface area contributed by atoms with Gasteiger partial charge in [0.15, 0.2) is 11.5 Å². The van der Waals surface area contributed by atoms with Crippen LogP contribution in [0.2, 0.25) is 0 Å². The van der Waals surface area contributed by atoms with Gasteiger partial charge >= 0.3 is 37.7 Å². The molecule has 0 bridgehead atoms. The first kappa shape index (κ1) is 32.8. The normalized spacial score (nSPS) is 19.6. The van der Waals surface area contributed by atoms with Gasteiger partial charge in [-0.2, -0.15) is 0 Å². The van der Waals surface area contributed by atoms with Crippen LogP contribution in [0.4, 0.5) is 0 Å². The Labute approximate surface area is 287 Å². The summed E-state index contributed by atoms with van der Waals surface area (Å²) in [5.41, 5.74) is 10.7. The first-order valence-electron chi connectivity index (χ1n) is 15.9. The number of hydrogen-bond acceptors (Lipinski definition) is 3. The van der Waals surface area contributed by atoms with Crippen LogP contribution in [0.25, 0.3) is 0 Å². The quantitative estimate of drug-likeness (QED) is 0.148. The molecular formula is C39H45AuClNO2P+. The molecule has 0 N–H and O–H groups in total. The third-order valence-electron chi connectivity index (χ3n) is 10.4. The molecule has 0 amide bonds. The fourth-order valence-electron chi connectivity index (χ4n) is 8.71. The van der Waals surface area contributed by atoms with Crippen molar-refractivity contribution in [2.45, 2.75) is 96.6 Å². The van der Waals surface area contributed by atoms with Crippen LogP contribution in [-0.2, 0) is 36.2 Å². The predicted octanol–water partition coefficient (Wildman–Crippen LogP) is 11.2. The van der Waals surface area contributed by atoms with E-state index in [1.165, 1.54) is 44.5 Å². The van der Waals surface area contributed by atoms with Crippen molar-refractivity contribution in [1.82, 2.24) is 4.67 Å². The van der Waals surface area contributed by atoms with Crippen LogP contribution in [0.1, 0.15) is 111 Å². The maximum atomic E-state index is 7.37. The van der Waals surface area contributed by atoms with Crippen molar-refractivity contribution in [3.05, 3.63) is 129 Å². The van der Waals surface area contributed by atoms with E-state index in [1.54, 1.807) is 20.0 Å².